The maximum Gasteiger partial charge on any atom is 0.305 e. The molecule has 1 N–H and O–H groups in total. The molecule has 1 unspecified atom stereocenters. The van der Waals surface area contributed by atoms with Gasteiger partial charge in [0.15, 0.2) is 0 Å². The highest BCUT2D eigenvalue weighted by Crippen LogP contribution is 2.27. The Hall–Kier alpha value is -1.53. The maximum atomic E-state index is 10.6. The van der Waals surface area contributed by atoms with Crippen LogP contribution < -0.4 is 0 Å². The van der Waals surface area contributed by atoms with Crippen LogP contribution in [0.3, 0.4) is 0 Å². The lowest BCUT2D eigenvalue weighted by atomic mass is 9.93. The highest BCUT2D eigenvalue weighted by atomic mass is 35.5. The smallest absolute Gasteiger partial charge is 0.305 e. The Morgan fingerprint density at radius 1 is 1.67 bits per heavy atom. The van der Waals surface area contributed by atoms with Crippen LogP contribution >= 0.6 is 11.6 Å². The number of benzene rings is 1. The van der Waals surface area contributed by atoms with Crippen molar-refractivity contribution in [3.63, 3.8) is 0 Å². The number of hydrogen-bond acceptors (Lipinski definition) is 2. The van der Waals surface area contributed by atoms with Gasteiger partial charge in [-0.1, -0.05) is 23.7 Å². The van der Waals surface area contributed by atoms with E-state index in [4.69, 9.17) is 22.0 Å². The van der Waals surface area contributed by atoms with Gasteiger partial charge in [-0.05, 0) is 24.1 Å². The predicted octanol–water partition coefficient (Wildman–Crippen LogP) is 2.73. The maximum absolute atomic E-state index is 10.6. The molecule has 0 saturated carbocycles. The topological polar surface area (TPSA) is 61.1 Å². The van der Waals surface area contributed by atoms with E-state index in [1.807, 2.05) is 6.07 Å². The number of hydrogen-bond donors (Lipinski definition) is 1. The fourth-order valence-corrected chi connectivity index (χ4v) is 1.58. The van der Waals surface area contributed by atoms with Crippen molar-refractivity contribution in [1.29, 1.82) is 5.26 Å². The van der Waals surface area contributed by atoms with Crippen molar-refractivity contribution < 1.29 is 9.90 Å². The van der Waals surface area contributed by atoms with E-state index in [-0.39, 0.29) is 6.42 Å². The summed E-state index contributed by atoms with van der Waals surface area (Å²) >= 11 is 5.89. The van der Waals surface area contributed by atoms with Crippen LogP contribution in [0.1, 0.15) is 23.5 Å². The number of nitrogens with zero attached hydrogens (tertiary/aromatic N) is 1. The zero-order valence-corrected chi connectivity index (χ0v) is 8.95. The van der Waals surface area contributed by atoms with E-state index in [1.54, 1.807) is 25.1 Å². The zero-order valence-electron chi connectivity index (χ0n) is 8.20. The Morgan fingerprint density at radius 2 is 2.33 bits per heavy atom. The van der Waals surface area contributed by atoms with Crippen LogP contribution in [-0.2, 0) is 4.79 Å². The van der Waals surface area contributed by atoms with E-state index in [9.17, 15) is 4.79 Å². The van der Waals surface area contributed by atoms with Crippen LogP contribution in [0.25, 0.3) is 0 Å². The Balaban J connectivity index is 3.08. The molecule has 3 nitrogen and oxygen atoms in total. The molecule has 0 fully saturated rings. The Bertz CT molecular complexity index is 423. The van der Waals surface area contributed by atoms with Gasteiger partial charge in [0.05, 0.1) is 18.4 Å². The molecule has 0 aliphatic rings. The summed E-state index contributed by atoms with van der Waals surface area (Å²) in [6, 6.07) is 7.15. The highest BCUT2D eigenvalue weighted by Gasteiger charge is 2.17. The van der Waals surface area contributed by atoms with E-state index in [0.717, 1.165) is 5.56 Å². The average molecular weight is 224 g/mol. The van der Waals surface area contributed by atoms with Crippen LogP contribution in [0.2, 0.25) is 5.02 Å². The standard InChI is InChI=1S/C11H10ClNO2/c1-7-9(3-2-4-10(7)12)8(6-13)5-11(14)15/h2-4,8H,5H2,1H3,(H,14,15). The number of halogens is 1. The normalized spacial score (nSPS) is 11.8. The summed E-state index contributed by atoms with van der Waals surface area (Å²) in [4.78, 5) is 10.6. The minimum absolute atomic E-state index is 0.197. The Labute approximate surface area is 92.9 Å². The lowest BCUT2D eigenvalue weighted by molar-refractivity contribution is -0.137. The third-order valence-electron chi connectivity index (χ3n) is 2.22. The van der Waals surface area contributed by atoms with Gasteiger partial charge in [-0.25, -0.2) is 0 Å². The molecule has 0 radical (unpaired) electrons. The second-order valence-electron chi connectivity index (χ2n) is 3.23. The fraction of sp³-hybridized carbons (Fsp3) is 0.273. The monoisotopic (exact) mass is 223 g/mol. The lowest BCUT2D eigenvalue weighted by Gasteiger charge is -2.10. The number of carboxylic acids is 1. The summed E-state index contributed by atoms with van der Waals surface area (Å²) in [5.41, 5.74) is 1.46. The average Bonchev–Trinajstić information content (AvgIpc) is 2.19. The zero-order chi connectivity index (χ0) is 11.4. The van der Waals surface area contributed by atoms with Gasteiger partial charge in [0.2, 0.25) is 0 Å². The second kappa shape index (κ2) is 4.81. The highest BCUT2D eigenvalue weighted by molar-refractivity contribution is 6.31. The van der Waals surface area contributed by atoms with Gasteiger partial charge in [-0.3, -0.25) is 4.79 Å². The van der Waals surface area contributed by atoms with Crippen LogP contribution in [0.4, 0.5) is 0 Å². The molecule has 1 rings (SSSR count). The number of carbonyl (C=O) groups is 1. The first-order valence-corrected chi connectivity index (χ1v) is 4.80. The summed E-state index contributed by atoms with van der Waals surface area (Å²) in [6.45, 7) is 1.78. The minimum Gasteiger partial charge on any atom is -0.481 e. The summed E-state index contributed by atoms with van der Waals surface area (Å²) in [7, 11) is 0. The van der Waals surface area contributed by atoms with Crippen molar-refractivity contribution in [3.05, 3.63) is 34.3 Å². The molecule has 1 aromatic carbocycles. The molecular formula is C11H10ClNO2. The molecule has 4 heteroatoms. The SMILES string of the molecule is Cc1c(Cl)cccc1C(C#N)CC(=O)O. The Kier molecular flexibility index (Phi) is 3.70. The number of rotatable bonds is 3. The molecule has 0 aliphatic carbocycles. The first kappa shape index (κ1) is 11.5. The summed E-state index contributed by atoms with van der Waals surface area (Å²) in [6.07, 6.45) is -0.197. The predicted molar refractivity (Wildman–Crippen MR) is 56.8 cm³/mol. The third-order valence-corrected chi connectivity index (χ3v) is 2.63. The van der Waals surface area contributed by atoms with E-state index in [0.29, 0.717) is 10.6 Å². The number of carboxylic acid groups (broad SMARTS) is 1. The largest absolute Gasteiger partial charge is 0.481 e. The second-order valence-corrected chi connectivity index (χ2v) is 3.64. The molecule has 0 spiro atoms. The number of nitriles is 1. The summed E-state index contributed by atoms with van der Waals surface area (Å²) < 4.78 is 0. The summed E-state index contributed by atoms with van der Waals surface area (Å²) in [5.74, 6) is -1.62. The van der Waals surface area contributed by atoms with Gasteiger partial charge in [-0.2, -0.15) is 5.26 Å². The molecule has 0 heterocycles. The van der Waals surface area contributed by atoms with E-state index >= 15 is 0 Å². The van der Waals surface area contributed by atoms with Crippen molar-refractivity contribution in [2.45, 2.75) is 19.3 Å². The molecule has 1 aromatic rings. The van der Waals surface area contributed by atoms with Crippen molar-refractivity contribution >= 4 is 17.6 Å². The van der Waals surface area contributed by atoms with Crippen LogP contribution in [0.15, 0.2) is 18.2 Å². The first-order valence-electron chi connectivity index (χ1n) is 4.42. The molecule has 78 valence electrons. The fourth-order valence-electron chi connectivity index (χ4n) is 1.40. The molecule has 0 amide bonds. The molecule has 0 saturated heterocycles. The van der Waals surface area contributed by atoms with Gasteiger partial charge < -0.3 is 5.11 Å². The quantitative estimate of drug-likeness (QED) is 0.857. The lowest BCUT2D eigenvalue weighted by Crippen LogP contribution is -2.06. The van der Waals surface area contributed by atoms with Gasteiger partial charge in [-0.15, -0.1) is 0 Å². The van der Waals surface area contributed by atoms with Gasteiger partial charge in [0, 0.05) is 5.02 Å². The summed E-state index contributed by atoms with van der Waals surface area (Å²) in [5, 5.41) is 18.1. The minimum atomic E-state index is -0.985. The molecule has 0 aliphatic heterocycles. The van der Waals surface area contributed by atoms with Crippen molar-refractivity contribution in [2.75, 3.05) is 0 Å². The van der Waals surface area contributed by atoms with Crippen LogP contribution in [-0.4, -0.2) is 11.1 Å². The molecule has 15 heavy (non-hydrogen) atoms. The van der Waals surface area contributed by atoms with E-state index < -0.39 is 11.9 Å². The van der Waals surface area contributed by atoms with E-state index in [1.165, 1.54) is 0 Å². The Morgan fingerprint density at radius 3 is 2.87 bits per heavy atom. The van der Waals surface area contributed by atoms with Crippen molar-refractivity contribution in [1.82, 2.24) is 0 Å². The molecule has 0 bridgehead atoms. The number of aliphatic carboxylic acids is 1. The molecule has 0 aromatic heterocycles. The van der Waals surface area contributed by atoms with Crippen molar-refractivity contribution in [2.24, 2.45) is 0 Å². The van der Waals surface area contributed by atoms with Crippen LogP contribution in [0, 0.1) is 18.3 Å². The van der Waals surface area contributed by atoms with Gasteiger partial charge in [0.25, 0.3) is 0 Å². The first-order chi connectivity index (χ1) is 7.06. The third kappa shape index (κ3) is 2.71. The molecular weight excluding hydrogens is 214 g/mol. The van der Waals surface area contributed by atoms with Gasteiger partial charge in [0.1, 0.15) is 0 Å². The van der Waals surface area contributed by atoms with E-state index in [2.05, 4.69) is 0 Å². The van der Waals surface area contributed by atoms with Crippen molar-refractivity contribution in [3.8, 4) is 6.07 Å². The van der Waals surface area contributed by atoms with Crippen LogP contribution in [0.5, 0.6) is 0 Å². The van der Waals surface area contributed by atoms with Gasteiger partial charge >= 0.3 is 5.97 Å². The molecule has 1 atom stereocenters.